The van der Waals surface area contributed by atoms with Gasteiger partial charge in [0.15, 0.2) is 22.8 Å². The summed E-state index contributed by atoms with van der Waals surface area (Å²) >= 11 is 0.612. The standard InChI is InChI=1S/C11H12N6O5S/c12-2-23-17-9-5(8(21)15-11(17)13)14-3-16(9)10-7(20)6(19)4(1-18)22-10/h3-4,6-7,10,18-20H,1H2,(H2,13,15,21). The van der Waals surface area contributed by atoms with E-state index in [4.69, 9.17) is 20.8 Å². The molecule has 1 aliphatic heterocycles. The Bertz CT molecular complexity index is 844. The van der Waals surface area contributed by atoms with E-state index in [9.17, 15) is 15.0 Å². The number of nitrogen functional groups attached to an aromatic ring is 1. The van der Waals surface area contributed by atoms with E-state index in [0.717, 1.165) is 0 Å². The van der Waals surface area contributed by atoms with Gasteiger partial charge in [0.05, 0.1) is 24.9 Å². The van der Waals surface area contributed by atoms with Crippen molar-refractivity contribution in [3.8, 4) is 5.40 Å². The highest BCUT2D eigenvalue weighted by Gasteiger charge is 2.44. The number of fused-ring (bicyclic) bond motifs is 1. The van der Waals surface area contributed by atoms with E-state index >= 15 is 0 Å². The zero-order chi connectivity index (χ0) is 16.7. The van der Waals surface area contributed by atoms with Crippen LogP contribution in [-0.4, -0.2) is 58.7 Å². The lowest BCUT2D eigenvalue weighted by Gasteiger charge is -2.18. The molecule has 1 aliphatic rings. The first kappa shape index (κ1) is 15.7. The Hall–Kier alpha value is -2.17. The molecular weight excluding hydrogens is 328 g/mol. The molecule has 12 heteroatoms. The van der Waals surface area contributed by atoms with Gasteiger partial charge in [-0.25, -0.2) is 8.96 Å². The molecule has 1 fully saturated rings. The van der Waals surface area contributed by atoms with Crippen LogP contribution in [0, 0.1) is 10.7 Å². The molecule has 0 amide bonds. The summed E-state index contributed by atoms with van der Waals surface area (Å²) in [7, 11) is 0. The number of rotatable bonds is 3. The second-order valence-electron chi connectivity index (χ2n) is 4.81. The van der Waals surface area contributed by atoms with Gasteiger partial charge in [0, 0.05) is 0 Å². The van der Waals surface area contributed by atoms with Crippen LogP contribution in [0.2, 0.25) is 0 Å². The summed E-state index contributed by atoms with van der Waals surface area (Å²) in [6, 6.07) is 0. The van der Waals surface area contributed by atoms with Gasteiger partial charge in [-0.15, -0.1) is 0 Å². The van der Waals surface area contributed by atoms with Crippen molar-refractivity contribution in [1.29, 1.82) is 5.26 Å². The Morgan fingerprint density at radius 1 is 1.48 bits per heavy atom. The molecule has 0 saturated carbocycles. The van der Waals surface area contributed by atoms with E-state index in [2.05, 4.69) is 9.97 Å². The van der Waals surface area contributed by atoms with Crippen molar-refractivity contribution in [1.82, 2.24) is 18.5 Å². The molecule has 2 aromatic rings. The Kier molecular flexibility index (Phi) is 3.96. The summed E-state index contributed by atoms with van der Waals surface area (Å²) in [4.78, 5) is 19.4. The van der Waals surface area contributed by atoms with Crippen LogP contribution in [0.5, 0.6) is 0 Å². The molecule has 1 saturated heterocycles. The van der Waals surface area contributed by atoms with Crippen molar-refractivity contribution < 1.29 is 20.1 Å². The normalized spacial score (nSPS) is 27.4. The quantitative estimate of drug-likeness (QED) is 0.448. The van der Waals surface area contributed by atoms with Crippen molar-refractivity contribution in [2.24, 2.45) is 0 Å². The highest BCUT2D eigenvalue weighted by Crippen LogP contribution is 2.32. The molecule has 5 N–H and O–H groups in total. The van der Waals surface area contributed by atoms with Crippen LogP contribution in [0.3, 0.4) is 0 Å². The fraction of sp³-hybridized carbons (Fsp3) is 0.455. The average Bonchev–Trinajstić information content (AvgIpc) is 3.07. The van der Waals surface area contributed by atoms with Crippen LogP contribution in [0.25, 0.3) is 11.2 Å². The number of hydrogen-bond donors (Lipinski definition) is 4. The van der Waals surface area contributed by atoms with Gasteiger partial charge in [-0.05, 0) is 0 Å². The summed E-state index contributed by atoms with van der Waals surface area (Å²) in [5.74, 6) is -0.220. The third-order valence-corrected chi connectivity index (χ3v) is 4.13. The Morgan fingerprint density at radius 2 is 2.22 bits per heavy atom. The fourth-order valence-corrected chi connectivity index (χ4v) is 2.93. The van der Waals surface area contributed by atoms with Crippen molar-refractivity contribution in [3.05, 3.63) is 16.7 Å². The van der Waals surface area contributed by atoms with E-state index in [-0.39, 0.29) is 17.1 Å². The lowest BCUT2D eigenvalue weighted by Crippen LogP contribution is -2.33. The molecule has 0 radical (unpaired) electrons. The maximum atomic E-state index is 11.9. The van der Waals surface area contributed by atoms with Gasteiger partial charge in [-0.2, -0.15) is 10.2 Å². The van der Waals surface area contributed by atoms with Gasteiger partial charge in [0.1, 0.15) is 18.3 Å². The summed E-state index contributed by atoms with van der Waals surface area (Å²) in [5, 5.41) is 39.8. The van der Waals surface area contributed by atoms with Crippen LogP contribution < -0.4 is 11.3 Å². The van der Waals surface area contributed by atoms with Crippen molar-refractivity contribution in [3.63, 3.8) is 0 Å². The fourth-order valence-electron chi connectivity index (χ4n) is 2.44. The molecule has 0 bridgehead atoms. The number of nitrogens with zero attached hydrogens (tertiary/aromatic N) is 5. The molecule has 0 spiro atoms. The number of nitrogens with two attached hydrogens (primary N) is 1. The maximum absolute atomic E-state index is 11.9. The number of anilines is 1. The van der Waals surface area contributed by atoms with Crippen LogP contribution in [0.15, 0.2) is 11.1 Å². The molecule has 3 rings (SSSR count). The number of nitriles is 1. The van der Waals surface area contributed by atoms with Gasteiger partial charge in [0.2, 0.25) is 5.95 Å². The van der Waals surface area contributed by atoms with Gasteiger partial charge in [0.25, 0.3) is 0 Å². The zero-order valence-electron chi connectivity index (χ0n) is 11.5. The van der Waals surface area contributed by atoms with E-state index in [1.807, 2.05) is 5.40 Å². The smallest absolute Gasteiger partial charge is 0.302 e. The van der Waals surface area contributed by atoms with Gasteiger partial charge < -0.3 is 25.8 Å². The molecule has 23 heavy (non-hydrogen) atoms. The molecule has 122 valence electrons. The second-order valence-corrected chi connectivity index (χ2v) is 5.54. The van der Waals surface area contributed by atoms with E-state index in [1.165, 1.54) is 14.9 Å². The largest absolute Gasteiger partial charge is 0.394 e. The summed E-state index contributed by atoms with van der Waals surface area (Å²) < 4.78 is 7.84. The molecule has 0 aromatic carbocycles. The summed E-state index contributed by atoms with van der Waals surface area (Å²) in [5.41, 5.74) is 5.00. The lowest BCUT2D eigenvalue weighted by atomic mass is 10.1. The number of ether oxygens (including phenoxy) is 1. The maximum Gasteiger partial charge on any atom is 0.302 e. The molecule has 2 aromatic heterocycles. The van der Waals surface area contributed by atoms with Crippen molar-refractivity contribution in [2.45, 2.75) is 24.5 Å². The number of aliphatic hydroxyl groups is 3. The first-order chi connectivity index (χ1) is 11.0. The van der Waals surface area contributed by atoms with Crippen LogP contribution in [0.4, 0.5) is 5.95 Å². The van der Waals surface area contributed by atoms with Crippen LogP contribution in [0.1, 0.15) is 6.23 Å². The number of hydrogen-bond acceptors (Lipinski definition) is 10. The predicted molar refractivity (Wildman–Crippen MR) is 77.8 cm³/mol. The molecule has 4 unspecified atom stereocenters. The number of aromatic nitrogens is 4. The molecule has 11 nitrogen and oxygen atoms in total. The van der Waals surface area contributed by atoms with Crippen molar-refractivity contribution in [2.75, 3.05) is 12.3 Å². The minimum absolute atomic E-state index is 0.0697. The third kappa shape index (κ3) is 2.35. The van der Waals surface area contributed by atoms with E-state index < -0.39 is 36.7 Å². The zero-order valence-corrected chi connectivity index (χ0v) is 12.3. The molecule has 0 aliphatic carbocycles. The van der Waals surface area contributed by atoms with Crippen LogP contribution >= 0.6 is 11.9 Å². The Morgan fingerprint density at radius 3 is 2.83 bits per heavy atom. The SMILES string of the molecule is N#CSn1c(N)nc(=O)c2ncn(C3OC(CO)C(O)C3O)c21. The highest BCUT2D eigenvalue weighted by molar-refractivity contribution is 8.02. The summed E-state index contributed by atoms with van der Waals surface area (Å²) in [6.07, 6.45) is -3.57. The Balaban J connectivity index is 2.20. The van der Waals surface area contributed by atoms with Gasteiger partial charge in [-0.3, -0.25) is 9.36 Å². The number of aliphatic hydroxyl groups excluding tert-OH is 3. The topological polar surface area (TPSA) is 172 Å². The number of imidazole rings is 1. The lowest BCUT2D eigenvalue weighted by molar-refractivity contribution is -0.0511. The monoisotopic (exact) mass is 340 g/mol. The first-order valence-electron chi connectivity index (χ1n) is 6.43. The minimum atomic E-state index is -1.37. The highest BCUT2D eigenvalue weighted by atomic mass is 32.2. The van der Waals surface area contributed by atoms with Crippen LogP contribution in [-0.2, 0) is 4.74 Å². The van der Waals surface area contributed by atoms with Gasteiger partial charge >= 0.3 is 5.56 Å². The predicted octanol–water partition coefficient (Wildman–Crippen LogP) is -2.24. The molecular formula is C11H12N6O5S. The third-order valence-electron chi connectivity index (χ3n) is 3.51. The van der Waals surface area contributed by atoms with E-state index in [0.29, 0.717) is 11.9 Å². The average molecular weight is 340 g/mol. The Labute approximate surface area is 132 Å². The molecule has 3 heterocycles. The van der Waals surface area contributed by atoms with Gasteiger partial charge in [-0.1, -0.05) is 0 Å². The second kappa shape index (κ2) is 5.80. The van der Waals surface area contributed by atoms with E-state index in [1.54, 1.807) is 0 Å². The van der Waals surface area contributed by atoms with Crippen molar-refractivity contribution >= 4 is 29.1 Å². The number of thiocyanates is 1. The molecule has 4 atom stereocenters. The first-order valence-corrected chi connectivity index (χ1v) is 7.21. The summed E-state index contributed by atoms with van der Waals surface area (Å²) in [6.45, 7) is -0.495. The minimum Gasteiger partial charge on any atom is -0.394 e.